The highest BCUT2D eigenvalue weighted by molar-refractivity contribution is 7.98. The predicted molar refractivity (Wildman–Crippen MR) is 111 cm³/mol. The van der Waals surface area contributed by atoms with Gasteiger partial charge in [0, 0.05) is 16.5 Å². The Morgan fingerprint density at radius 3 is 2.58 bits per heavy atom. The normalized spacial score (nSPS) is 11.2. The van der Waals surface area contributed by atoms with Gasteiger partial charge in [-0.3, -0.25) is 0 Å². The molecule has 2 nitrogen and oxygen atoms in total. The highest BCUT2D eigenvalue weighted by Crippen LogP contribution is 2.27. The van der Waals surface area contributed by atoms with Crippen molar-refractivity contribution in [1.82, 2.24) is 9.55 Å². The van der Waals surface area contributed by atoms with Crippen LogP contribution in [0.4, 0.5) is 0 Å². The van der Waals surface area contributed by atoms with Gasteiger partial charge in [-0.25, -0.2) is 4.98 Å². The number of para-hydroxylation sites is 2. The molecular weight excluding hydrogens is 360 g/mol. The smallest absolute Gasteiger partial charge is 0.120 e. The van der Waals surface area contributed by atoms with Gasteiger partial charge in [-0.05, 0) is 48.9 Å². The molecule has 0 saturated carbocycles. The molecule has 0 fully saturated rings. The van der Waals surface area contributed by atoms with Gasteiger partial charge in [0.1, 0.15) is 5.82 Å². The molecule has 0 atom stereocenters. The Hall–Kier alpha value is -2.23. The van der Waals surface area contributed by atoms with Crippen molar-refractivity contribution < 1.29 is 0 Å². The van der Waals surface area contributed by atoms with E-state index in [4.69, 9.17) is 16.6 Å². The quantitative estimate of drug-likeness (QED) is 0.377. The van der Waals surface area contributed by atoms with Crippen molar-refractivity contribution in [3.05, 3.63) is 94.8 Å². The average Bonchev–Trinajstić information content (AvgIpc) is 2.99. The third-order valence-corrected chi connectivity index (χ3v) is 5.60. The van der Waals surface area contributed by atoms with Crippen LogP contribution in [0.2, 0.25) is 5.02 Å². The van der Waals surface area contributed by atoms with E-state index in [0.717, 1.165) is 28.7 Å². The zero-order valence-corrected chi connectivity index (χ0v) is 16.1. The number of halogens is 1. The summed E-state index contributed by atoms with van der Waals surface area (Å²) in [4.78, 5) is 6.08. The number of nitrogens with zero attached hydrogens (tertiary/aromatic N) is 2. The first kappa shape index (κ1) is 17.2. The molecule has 0 amide bonds. The highest BCUT2D eigenvalue weighted by Gasteiger charge is 2.11. The second-order valence-electron chi connectivity index (χ2n) is 6.33. The number of hydrogen-bond donors (Lipinski definition) is 0. The first-order valence-corrected chi connectivity index (χ1v) is 9.93. The van der Waals surface area contributed by atoms with Gasteiger partial charge in [-0.2, -0.15) is 0 Å². The minimum absolute atomic E-state index is 0.765. The molecule has 4 rings (SSSR count). The summed E-state index contributed by atoms with van der Waals surface area (Å²) in [5.41, 5.74) is 4.81. The van der Waals surface area contributed by atoms with Gasteiger partial charge in [0.05, 0.1) is 16.8 Å². The lowest BCUT2D eigenvalue weighted by atomic mass is 10.1. The fourth-order valence-electron chi connectivity index (χ4n) is 3.08. The van der Waals surface area contributed by atoms with E-state index in [9.17, 15) is 0 Å². The third-order valence-electron chi connectivity index (χ3n) is 4.34. The zero-order valence-electron chi connectivity index (χ0n) is 14.5. The van der Waals surface area contributed by atoms with E-state index in [0.29, 0.717) is 0 Å². The molecular formula is C22H19ClN2S. The summed E-state index contributed by atoms with van der Waals surface area (Å²) in [6.07, 6.45) is 0. The van der Waals surface area contributed by atoms with E-state index in [1.165, 1.54) is 21.5 Å². The van der Waals surface area contributed by atoms with Crippen LogP contribution in [0.3, 0.4) is 0 Å². The molecule has 4 heteroatoms. The summed E-state index contributed by atoms with van der Waals surface area (Å²) >= 11 is 7.77. The van der Waals surface area contributed by atoms with Gasteiger partial charge in [0.15, 0.2) is 0 Å². The molecule has 3 aromatic carbocycles. The fraction of sp³-hybridized carbons (Fsp3) is 0.136. The van der Waals surface area contributed by atoms with Crippen LogP contribution in [0.15, 0.2) is 77.7 Å². The molecule has 0 aliphatic heterocycles. The number of aryl methyl sites for hydroxylation is 1. The van der Waals surface area contributed by atoms with Crippen LogP contribution in [0.1, 0.15) is 17.0 Å². The molecule has 0 aliphatic carbocycles. The maximum absolute atomic E-state index is 5.98. The fourth-order valence-corrected chi connectivity index (χ4v) is 4.05. The first-order chi connectivity index (χ1) is 12.7. The molecule has 0 unspecified atom stereocenters. The number of imidazole rings is 1. The number of rotatable bonds is 5. The van der Waals surface area contributed by atoms with Gasteiger partial charge >= 0.3 is 0 Å². The van der Waals surface area contributed by atoms with Crippen molar-refractivity contribution in [2.75, 3.05) is 0 Å². The van der Waals surface area contributed by atoms with Gasteiger partial charge in [-0.1, -0.05) is 53.6 Å². The molecule has 0 spiro atoms. The van der Waals surface area contributed by atoms with Crippen LogP contribution in [0.25, 0.3) is 11.0 Å². The topological polar surface area (TPSA) is 17.8 Å². The maximum atomic E-state index is 5.98. The molecule has 130 valence electrons. The second-order valence-corrected chi connectivity index (χ2v) is 7.82. The van der Waals surface area contributed by atoms with Crippen LogP contribution >= 0.6 is 23.4 Å². The van der Waals surface area contributed by atoms with Crippen LogP contribution in [-0.4, -0.2) is 9.55 Å². The van der Waals surface area contributed by atoms with Crippen LogP contribution < -0.4 is 0 Å². The Balaban J connectivity index is 1.65. The van der Waals surface area contributed by atoms with Crippen molar-refractivity contribution in [3.63, 3.8) is 0 Å². The predicted octanol–water partition coefficient (Wildman–Crippen LogP) is 6.34. The summed E-state index contributed by atoms with van der Waals surface area (Å²) in [6, 6.07) is 25.0. The number of thioether (sulfide) groups is 1. The Kier molecular flexibility index (Phi) is 5.00. The van der Waals surface area contributed by atoms with E-state index in [2.05, 4.69) is 66.1 Å². The van der Waals surface area contributed by atoms with Crippen LogP contribution in [0, 0.1) is 6.92 Å². The molecule has 1 heterocycles. The minimum Gasteiger partial charge on any atom is -0.323 e. The van der Waals surface area contributed by atoms with Gasteiger partial charge in [0.25, 0.3) is 0 Å². The lowest BCUT2D eigenvalue weighted by Gasteiger charge is -2.10. The van der Waals surface area contributed by atoms with Crippen molar-refractivity contribution in [1.29, 1.82) is 0 Å². The molecule has 26 heavy (non-hydrogen) atoms. The first-order valence-electron chi connectivity index (χ1n) is 8.57. The Bertz CT molecular complexity index is 1040. The van der Waals surface area contributed by atoms with Crippen LogP contribution in [-0.2, 0) is 12.3 Å². The number of fused-ring (bicyclic) bond motifs is 1. The molecule has 0 saturated heterocycles. The number of hydrogen-bond acceptors (Lipinski definition) is 2. The Labute approximate surface area is 162 Å². The summed E-state index contributed by atoms with van der Waals surface area (Å²) in [7, 11) is 0. The summed E-state index contributed by atoms with van der Waals surface area (Å²) in [6.45, 7) is 2.96. The lowest BCUT2D eigenvalue weighted by molar-refractivity contribution is 0.779. The highest BCUT2D eigenvalue weighted by atomic mass is 35.5. The molecule has 0 aliphatic rings. The largest absolute Gasteiger partial charge is 0.323 e. The maximum Gasteiger partial charge on any atom is 0.120 e. The van der Waals surface area contributed by atoms with Gasteiger partial charge in [-0.15, -0.1) is 11.8 Å². The van der Waals surface area contributed by atoms with E-state index < -0.39 is 0 Å². The standard InChI is InChI=1S/C22H19ClN2S/c1-16-5-4-6-17(13-16)14-25-21-8-3-2-7-20(21)24-22(25)15-26-19-11-9-18(23)10-12-19/h2-13H,14-15H2,1H3. The molecule has 0 radical (unpaired) electrons. The van der Waals surface area contributed by atoms with Crippen molar-refractivity contribution in [2.24, 2.45) is 0 Å². The van der Waals surface area contributed by atoms with Gasteiger partial charge in [0.2, 0.25) is 0 Å². The third kappa shape index (κ3) is 3.79. The number of aromatic nitrogens is 2. The Morgan fingerprint density at radius 1 is 0.962 bits per heavy atom. The van der Waals surface area contributed by atoms with E-state index >= 15 is 0 Å². The van der Waals surface area contributed by atoms with Crippen molar-refractivity contribution in [3.8, 4) is 0 Å². The van der Waals surface area contributed by atoms with Crippen molar-refractivity contribution >= 4 is 34.4 Å². The molecule has 0 bridgehead atoms. The Morgan fingerprint density at radius 2 is 1.77 bits per heavy atom. The zero-order chi connectivity index (χ0) is 17.9. The number of benzene rings is 3. The van der Waals surface area contributed by atoms with Crippen molar-refractivity contribution in [2.45, 2.75) is 24.1 Å². The second kappa shape index (κ2) is 7.56. The molecule has 1 aromatic heterocycles. The summed E-state index contributed by atoms with van der Waals surface area (Å²) in [5.74, 6) is 1.91. The minimum atomic E-state index is 0.765. The molecule has 0 N–H and O–H groups in total. The van der Waals surface area contributed by atoms with E-state index in [1.54, 1.807) is 11.8 Å². The van der Waals surface area contributed by atoms with E-state index in [-0.39, 0.29) is 0 Å². The van der Waals surface area contributed by atoms with Crippen LogP contribution in [0.5, 0.6) is 0 Å². The molecule has 4 aromatic rings. The van der Waals surface area contributed by atoms with E-state index in [1.807, 2.05) is 18.2 Å². The lowest BCUT2D eigenvalue weighted by Crippen LogP contribution is -2.04. The SMILES string of the molecule is Cc1cccc(Cn2c(CSc3ccc(Cl)cc3)nc3ccccc32)c1. The summed E-state index contributed by atoms with van der Waals surface area (Å²) < 4.78 is 2.33. The monoisotopic (exact) mass is 378 g/mol. The average molecular weight is 379 g/mol. The van der Waals surface area contributed by atoms with Gasteiger partial charge < -0.3 is 4.57 Å². The summed E-state index contributed by atoms with van der Waals surface area (Å²) in [5, 5.41) is 0.765.